The van der Waals surface area contributed by atoms with Crippen molar-refractivity contribution in [3.63, 3.8) is 0 Å². The van der Waals surface area contributed by atoms with Crippen LogP contribution >= 0.6 is 11.8 Å². The van der Waals surface area contributed by atoms with Crippen molar-refractivity contribution < 1.29 is 4.39 Å². The second kappa shape index (κ2) is 5.46. The molecule has 0 fully saturated rings. The van der Waals surface area contributed by atoms with Gasteiger partial charge in [-0.15, -0.1) is 0 Å². The van der Waals surface area contributed by atoms with Crippen LogP contribution in [0.5, 0.6) is 0 Å². The first-order valence-electron chi connectivity index (χ1n) is 5.57. The number of hydrogen-bond donors (Lipinski definition) is 1. The summed E-state index contributed by atoms with van der Waals surface area (Å²) in [5, 5.41) is 0.548. The highest BCUT2D eigenvalue weighted by atomic mass is 32.2. The molecule has 18 heavy (non-hydrogen) atoms. The number of aromatic nitrogens is 2. The van der Waals surface area contributed by atoms with Gasteiger partial charge in [0.25, 0.3) is 0 Å². The minimum atomic E-state index is -0.286. The Labute approximate surface area is 110 Å². The fourth-order valence-electron chi connectivity index (χ4n) is 1.66. The van der Waals surface area contributed by atoms with Gasteiger partial charge in [-0.3, -0.25) is 0 Å². The van der Waals surface area contributed by atoms with Crippen LogP contribution in [0.25, 0.3) is 0 Å². The van der Waals surface area contributed by atoms with Crippen LogP contribution in [0.1, 0.15) is 17.0 Å². The molecule has 0 bridgehead atoms. The molecule has 0 aliphatic rings. The van der Waals surface area contributed by atoms with Crippen molar-refractivity contribution in [1.29, 1.82) is 0 Å². The van der Waals surface area contributed by atoms with E-state index < -0.39 is 0 Å². The van der Waals surface area contributed by atoms with Gasteiger partial charge in [0.05, 0.1) is 4.90 Å². The van der Waals surface area contributed by atoms with Gasteiger partial charge in [-0.1, -0.05) is 12.1 Å². The van der Waals surface area contributed by atoms with E-state index in [0.717, 1.165) is 17.0 Å². The van der Waals surface area contributed by atoms with E-state index in [4.69, 9.17) is 5.73 Å². The van der Waals surface area contributed by atoms with Crippen LogP contribution < -0.4 is 5.73 Å². The Kier molecular flexibility index (Phi) is 3.93. The molecule has 2 N–H and O–H groups in total. The third-order valence-electron chi connectivity index (χ3n) is 2.42. The number of nitrogens with zero attached hydrogens (tertiary/aromatic N) is 2. The molecule has 0 radical (unpaired) electrons. The molecule has 0 saturated carbocycles. The van der Waals surface area contributed by atoms with Crippen molar-refractivity contribution in [2.75, 3.05) is 0 Å². The summed E-state index contributed by atoms with van der Waals surface area (Å²) in [5.74, 6) is -0.286. The highest BCUT2D eigenvalue weighted by Gasteiger charge is 2.11. The molecule has 5 heteroatoms. The Morgan fingerprint density at radius 2 is 1.89 bits per heavy atom. The highest BCUT2D eigenvalue weighted by molar-refractivity contribution is 7.99. The number of hydrogen-bond acceptors (Lipinski definition) is 4. The number of benzene rings is 1. The molecule has 2 aromatic rings. The van der Waals surface area contributed by atoms with Crippen molar-refractivity contribution in [1.82, 2.24) is 9.97 Å². The van der Waals surface area contributed by atoms with Crippen LogP contribution in [-0.2, 0) is 6.54 Å². The van der Waals surface area contributed by atoms with Crippen LogP contribution in [0.3, 0.4) is 0 Å². The van der Waals surface area contributed by atoms with Crippen LogP contribution in [-0.4, -0.2) is 9.97 Å². The third-order valence-corrected chi connectivity index (χ3v) is 3.45. The summed E-state index contributed by atoms with van der Waals surface area (Å²) in [6, 6.07) is 6.78. The molecule has 0 saturated heterocycles. The van der Waals surface area contributed by atoms with Crippen LogP contribution in [0, 0.1) is 19.7 Å². The summed E-state index contributed by atoms with van der Waals surface area (Å²) in [4.78, 5) is 9.09. The predicted molar refractivity (Wildman–Crippen MR) is 69.9 cm³/mol. The Morgan fingerprint density at radius 1 is 1.22 bits per heavy atom. The average Bonchev–Trinajstić information content (AvgIpc) is 2.30. The molecule has 0 unspecified atom stereocenters. The van der Waals surface area contributed by atoms with Crippen molar-refractivity contribution in [3.05, 3.63) is 47.0 Å². The summed E-state index contributed by atoms with van der Waals surface area (Å²) >= 11 is 1.22. The van der Waals surface area contributed by atoms with Gasteiger partial charge in [-0.2, -0.15) is 0 Å². The minimum absolute atomic E-state index is 0.286. The highest BCUT2D eigenvalue weighted by Crippen LogP contribution is 2.30. The van der Waals surface area contributed by atoms with Gasteiger partial charge in [-0.25, -0.2) is 14.4 Å². The number of halogens is 1. The Balaban J connectivity index is 2.39. The molecule has 0 aliphatic heterocycles. The van der Waals surface area contributed by atoms with E-state index in [1.807, 2.05) is 26.0 Å². The number of aryl methyl sites for hydroxylation is 2. The van der Waals surface area contributed by atoms with E-state index in [-0.39, 0.29) is 5.82 Å². The van der Waals surface area contributed by atoms with Gasteiger partial charge in [0.1, 0.15) is 5.82 Å². The van der Waals surface area contributed by atoms with Crippen LogP contribution in [0.2, 0.25) is 0 Å². The monoisotopic (exact) mass is 263 g/mol. The SMILES string of the molecule is Cc1cc(C)nc(Sc2c(F)cccc2CN)n1. The molecule has 1 aromatic carbocycles. The summed E-state index contributed by atoms with van der Waals surface area (Å²) in [6.07, 6.45) is 0. The lowest BCUT2D eigenvalue weighted by Gasteiger charge is -2.08. The second-order valence-corrected chi connectivity index (χ2v) is 4.95. The van der Waals surface area contributed by atoms with Crippen LogP contribution in [0.15, 0.2) is 34.3 Å². The third kappa shape index (κ3) is 2.86. The molecule has 0 atom stereocenters. The summed E-state index contributed by atoms with van der Waals surface area (Å²) in [7, 11) is 0. The topological polar surface area (TPSA) is 51.8 Å². The van der Waals surface area contributed by atoms with Gasteiger partial charge < -0.3 is 5.73 Å². The molecule has 2 rings (SSSR count). The molecule has 0 aliphatic carbocycles. The molecule has 94 valence electrons. The zero-order valence-corrected chi connectivity index (χ0v) is 11.1. The van der Waals surface area contributed by atoms with Gasteiger partial charge in [0.15, 0.2) is 5.16 Å². The number of rotatable bonds is 3. The lowest BCUT2D eigenvalue weighted by atomic mass is 10.2. The smallest absolute Gasteiger partial charge is 0.192 e. The minimum Gasteiger partial charge on any atom is -0.326 e. The summed E-state index contributed by atoms with van der Waals surface area (Å²) in [5.41, 5.74) is 8.12. The first-order valence-corrected chi connectivity index (χ1v) is 6.39. The fourth-order valence-corrected chi connectivity index (χ4v) is 2.67. The molecule has 0 amide bonds. The number of nitrogens with two attached hydrogens (primary N) is 1. The lowest BCUT2D eigenvalue weighted by molar-refractivity contribution is 0.596. The standard InChI is InChI=1S/C13H14FN3S/c1-8-6-9(2)17-13(16-8)18-12-10(7-15)4-3-5-11(12)14/h3-6H,7,15H2,1-2H3. The van der Waals surface area contributed by atoms with E-state index in [2.05, 4.69) is 9.97 Å². The van der Waals surface area contributed by atoms with Crippen molar-refractivity contribution in [3.8, 4) is 0 Å². The second-order valence-electron chi connectivity index (χ2n) is 3.97. The zero-order chi connectivity index (χ0) is 13.1. The maximum absolute atomic E-state index is 13.8. The quantitative estimate of drug-likeness (QED) is 0.865. The molecule has 1 aromatic heterocycles. The molecule has 3 nitrogen and oxygen atoms in total. The molecule has 1 heterocycles. The summed E-state index contributed by atoms with van der Waals surface area (Å²) < 4.78 is 13.8. The van der Waals surface area contributed by atoms with E-state index >= 15 is 0 Å². The largest absolute Gasteiger partial charge is 0.326 e. The first-order chi connectivity index (χ1) is 8.60. The van der Waals surface area contributed by atoms with E-state index in [9.17, 15) is 4.39 Å². The van der Waals surface area contributed by atoms with E-state index in [1.54, 1.807) is 6.07 Å². The van der Waals surface area contributed by atoms with Crippen molar-refractivity contribution in [2.24, 2.45) is 5.73 Å². The van der Waals surface area contributed by atoms with Gasteiger partial charge in [0.2, 0.25) is 0 Å². The van der Waals surface area contributed by atoms with Gasteiger partial charge in [-0.05, 0) is 43.3 Å². The van der Waals surface area contributed by atoms with Crippen molar-refractivity contribution in [2.45, 2.75) is 30.4 Å². The first kappa shape index (κ1) is 13.0. The van der Waals surface area contributed by atoms with E-state index in [1.165, 1.54) is 17.8 Å². The fraction of sp³-hybridized carbons (Fsp3) is 0.231. The maximum Gasteiger partial charge on any atom is 0.192 e. The zero-order valence-electron chi connectivity index (χ0n) is 10.3. The van der Waals surface area contributed by atoms with Crippen molar-refractivity contribution >= 4 is 11.8 Å². The normalized spacial score (nSPS) is 10.7. The van der Waals surface area contributed by atoms with Crippen LogP contribution in [0.4, 0.5) is 4.39 Å². The Morgan fingerprint density at radius 3 is 2.50 bits per heavy atom. The predicted octanol–water partition coefficient (Wildman–Crippen LogP) is 2.84. The average molecular weight is 263 g/mol. The summed E-state index contributed by atoms with van der Waals surface area (Å²) in [6.45, 7) is 4.08. The van der Waals surface area contributed by atoms with E-state index in [0.29, 0.717) is 16.6 Å². The lowest BCUT2D eigenvalue weighted by Crippen LogP contribution is -2.01. The molecular weight excluding hydrogens is 249 g/mol. The Hall–Kier alpha value is -1.46. The molecule has 0 spiro atoms. The molecular formula is C13H14FN3S. The maximum atomic E-state index is 13.8. The van der Waals surface area contributed by atoms with Gasteiger partial charge >= 0.3 is 0 Å². The Bertz CT molecular complexity index is 552. The van der Waals surface area contributed by atoms with Gasteiger partial charge in [0, 0.05) is 17.9 Å².